The second-order valence-electron chi connectivity index (χ2n) is 3.44. The lowest BCUT2D eigenvalue weighted by Gasteiger charge is -2.07. The molecule has 0 amide bonds. The summed E-state index contributed by atoms with van der Waals surface area (Å²) in [4.78, 5) is 11.3. The average Bonchev–Trinajstić information content (AvgIpc) is 2.97. The first kappa shape index (κ1) is 11.7. The minimum Gasteiger partial charge on any atom is -0.468 e. The molecule has 0 aliphatic carbocycles. The van der Waals surface area contributed by atoms with Crippen molar-refractivity contribution in [3.8, 4) is 5.95 Å². The van der Waals surface area contributed by atoms with E-state index in [1.165, 1.54) is 18.4 Å². The number of thiophene rings is 1. The van der Waals surface area contributed by atoms with E-state index in [9.17, 15) is 10.1 Å². The summed E-state index contributed by atoms with van der Waals surface area (Å²) in [5.74, 6) is 0.569. The van der Waals surface area contributed by atoms with E-state index in [0.29, 0.717) is 11.7 Å². The molecule has 2 heterocycles. The van der Waals surface area contributed by atoms with Crippen molar-refractivity contribution < 1.29 is 14.1 Å². The topological polar surface area (TPSA) is 65.5 Å². The van der Waals surface area contributed by atoms with Crippen LogP contribution in [0.15, 0.2) is 34.1 Å². The fraction of sp³-hybridized carbons (Fsp3) is 0.273. The molecular weight excluding hydrogens is 242 g/mol. The summed E-state index contributed by atoms with van der Waals surface area (Å²) in [6.45, 7) is -0.183. The number of nitro groups is 1. The maximum atomic E-state index is 10.7. The molecule has 2 aromatic rings. The van der Waals surface area contributed by atoms with Crippen LogP contribution in [0.5, 0.6) is 5.95 Å². The van der Waals surface area contributed by atoms with E-state index in [2.05, 4.69) is 0 Å². The number of furan rings is 1. The van der Waals surface area contributed by atoms with Crippen molar-refractivity contribution in [1.82, 2.24) is 0 Å². The van der Waals surface area contributed by atoms with Crippen LogP contribution in [0.1, 0.15) is 16.6 Å². The molecule has 0 aliphatic rings. The SMILES string of the molecule is COc1ccc(C(C[N+](=O)[O-])c2cccs2)o1. The van der Waals surface area contributed by atoms with Crippen molar-refractivity contribution in [2.45, 2.75) is 5.92 Å². The first-order chi connectivity index (χ1) is 8.20. The van der Waals surface area contributed by atoms with Crippen LogP contribution in [0.25, 0.3) is 0 Å². The highest BCUT2D eigenvalue weighted by molar-refractivity contribution is 7.10. The Kier molecular flexibility index (Phi) is 3.43. The lowest BCUT2D eigenvalue weighted by molar-refractivity contribution is -0.482. The third-order valence-corrected chi connectivity index (χ3v) is 3.35. The molecule has 0 spiro atoms. The average molecular weight is 253 g/mol. The molecule has 0 saturated carbocycles. The Morgan fingerprint density at radius 3 is 2.88 bits per heavy atom. The van der Waals surface area contributed by atoms with Gasteiger partial charge in [0.25, 0.3) is 5.95 Å². The lowest BCUT2D eigenvalue weighted by Crippen LogP contribution is -2.12. The van der Waals surface area contributed by atoms with Crippen LogP contribution in [0.2, 0.25) is 0 Å². The zero-order chi connectivity index (χ0) is 12.3. The fourth-order valence-corrected chi connectivity index (χ4v) is 2.42. The predicted molar refractivity (Wildman–Crippen MR) is 63.3 cm³/mol. The summed E-state index contributed by atoms with van der Waals surface area (Å²) < 4.78 is 10.3. The second kappa shape index (κ2) is 5.01. The second-order valence-corrected chi connectivity index (χ2v) is 4.42. The first-order valence-corrected chi connectivity index (χ1v) is 5.87. The van der Waals surface area contributed by atoms with Crippen LogP contribution in [-0.2, 0) is 0 Å². The van der Waals surface area contributed by atoms with Crippen LogP contribution in [0, 0.1) is 10.1 Å². The largest absolute Gasteiger partial charge is 0.468 e. The minimum atomic E-state index is -0.353. The lowest BCUT2D eigenvalue weighted by atomic mass is 10.1. The molecule has 2 aromatic heterocycles. The third kappa shape index (κ3) is 2.65. The highest BCUT2D eigenvalue weighted by Gasteiger charge is 2.24. The monoisotopic (exact) mass is 253 g/mol. The van der Waals surface area contributed by atoms with Crippen molar-refractivity contribution >= 4 is 11.3 Å². The van der Waals surface area contributed by atoms with Gasteiger partial charge in [-0.3, -0.25) is 10.1 Å². The van der Waals surface area contributed by atoms with Crippen molar-refractivity contribution in [3.05, 3.63) is 50.4 Å². The number of hydrogen-bond donors (Lipinski definition) is 0. The summed E-state index contributed by atoms with van der Waals surface area (Å²) in [7, 11) is 1.50. The maximum absolute atomic E-state index is 10.7. The molecular formula is C11H11NO4S. The van der Waals surface area contributed by atoms with E-state index in [-0.39, 0.29) is 17.4 Å². The van der Waals surface area contributed by atoms with E-state index < -0.39 is 0 Å². The highest BCUT2D eigenvalue weighted by Crippen LogP contribution is 2.31. The maximum Gasteiger partial charge on any atom is 0.284 e. The predicted octanol–water partition coefficient (Wildman–Crippen LogP) is 2.76. The van der Waals surface area contributed by atoms with E-state index in [1.807, 2.05) is 17.5 Å². The number of nitrogens with zero attached hydrogens (tertiary/aromatic N) is 1. The Hall–Kier alpha value is -1.82. The Balaban J connectivity index is 2.29. The Morgan fingerprint density at radius 1 is 1.53 bits per heavy atom. The molecule has 0 bridgehead atoms. The summed E-state index contributed by atoms with van der Waals surface area (Å²) in [6, 6.07) is 7.11. The zero-order valence-corrected chi connectivity index (χ0v) is 9.98. The van der Waals surface area contributed by atoms with Gasteiger partial charge in [0.1, 0.15) is 11.7 Å². The molecule has 5 nitrogen and oxygen atoms in total. The molecule has 0 aliphatic heterocycles. The summed E-state index contributed by atoms with van der Waals surface area (Å²) in [5.41, 5.74) is 0. The summed E-state index contributed by atoms with van der Waals surface area (Å²) >= 11 is 1.48. The van der Waals surface area contributed by atoms with Crippen molar-refractivity contribution in [2.75, 3.05) is 13.7 Å². The van der Waals surface area contributed by atoms with Gasteiger partial charge in [-0.25, -0.2) is 0 Å². The van der Waals surface area contributed by atoms with Gasteiger partial charge in [0.05, 0.1) is 7.11 Å². The van der Waals surface area contributed by atoms with Crippen LogP contribution in [0.3, 0.4) is 0 Å². The Morgan fingerprint density at radius 2 is 2.35 bits per heavy atom. The molecule has 0 radical (unpaired) electrons. The van der Waals surface area contributed by atoms with Gasteiger partial charge in [0, 0.05) is 15.9 Å². The van der Waals surface area contributed by atoms with E-state index in [0.717, 1.165) is 4.88 Å². The van der Waals surface area contributed by atoms with Gasteiger partial charge < -0.3 is 9.15 Å². The van der Waals surface area contributed by atoms with E-state index >= 15 is 0 Å². The molecule has 1 atom stereocenters. The molecule has 0 N–H and O–H groups in total. The van der Waals surface area contributed by atoms with Crippen molar-refractivity contribution in [2.24, 2.45) is 0 Å². The quantitative estimate of drug-likeness (QED) is 0.607. The number of ether oxygens (including phenoxy) is 1. The molecule has 1 unspecified atom stereocenters. The van der Waals surface area contributed by atoms with E-state index in [4.69, 9.17) is 9.15 Å². The summed E-state index contributed by atoms with van der Waals surface area (Å²) in [6.07, 6.45) is 0. The molecule has 6 heteroatoms. The van der Waals surface area contributed by atoms with Gasteiger partial charge >= 0.3 is 0 Å². The zero-order valence-electron chi connectivity index (χ0n) is 9.16. The fourth-order valence-electron chi connectivity index (χ4n) is 1.59. The van der Waals surface area contributed by atoms with Gasteiger partial charge in [-0.1, -0.05) is 6.07 Å². The van der Waals surface area contributed by atoms with Crippen LogP contribution < -0.4 is 4.74 Å². The first-order valence-electron chi connectivity index (χ1n) is 4.99. The van der Waals surface area contributed by atoms with Gasteiger partial charge in [0.2, 0.25) is 6.54 Å². The molecule has 0 fully saturated rings. The van der Waals surface area contributed by atoms with Gasteiger partial charge in [-0.2, -0.15) is 0 Å². The molecule has 90 valence electrons. The van der Waals surface area contributed by atoms with Crippen molar-refractivity contribution in [1.29, 1.82) is 0 Å². The molecule has 2 rings (SSSR count). The molecule has 0 aromatic carbocycles. The smallest absolute Gasteiger partial charge is 0.284 e. The minimum absolute atomic E-state index is 0.183. The molecule has 0 saturated heterocycles. The van der Waals surface area contributed by atoms with Crippen LogP contribution in [0.4, 0.5) is 0 Å². The van der Waals surface area contributed by atoms with Gasteiger partial charge in [-0.05, 0) is 17.5 Å². The van der Waals surface area contributed by atoms with E-state index in [1.54, 1.807) is 12.1 Å². The number of hydrogen-bond acceptors (Lipinski definition) is 5. The Labute approximate surface area is 102 Å². The number of rotatable bonds is 5. The Bertz CT molecular complexity index is 491. The van der Waals surface area contributed by atoms with Crippen LogP contribution >= 0.6 is 11.3 Å². The summed E-state index contributed by atoms with van der Waals surface area (Å²) in [5, 5.41) is 12.6. The van der Waals surface area contributed by atoms with Gasteiger partial charge in [-0.15, -0.1) is 11.3 Å². The molecule has 17 heavy (non-hydrogen) atoms. The number of methoxy groups -OCH3 is 1. The van der Waals surface area contributed by atoms with Gasteiger partial charge in [0.15, 0.2) is 0 Å². The highest BCUT2D eigenvalue weighted by atomic mass is 32.1. The van der Waals surface area contributed by atoms with Crippen LogP contribution in [-0.4, -0.2) is 18.6 Å². The standard InChI is InChI=1S/C11H11NO4S/c1-15-11-5-4-9(16-11)8(7-12(13)14)10-3-2-6-17-10/h2-6,8H,7H2,1H3. The normalized spacial score (nSPS) is 12.3. The van der Waals surface area contributed by atoms with Crippen molar-refractivity contribution in [3.63, 3.8) is 0 Å². The third-order valence-electron chi connectivity index (χ3n) is 2.37.